The van der Waals surface area contributed by atoms with Crippen molar-refractivity contribution in [2.75, 3.05) is 11.9 Å². The first kappa shape index (κ1) is 7.11. The Balaban J connectivity index is 1.81. The molecule has 2 heteroatoms. The van der Waals surface area contributed by atoms with E-state index in [0.717, 1.165) is 23.8 Å². The fraction of sp³-hybridized carbons (Fsp3) is 1.00. The maximum Gasteiger partial charge on any atom is 0.0675 e. The second-order valence-corrected chi connectivity index (χ2v) is 4.09. The van der Waals surface area contributed by atoms with Crippen LogP contribution in [0.15, 0.2) is 0 Å². The van der Waals surface area contributed by atoms with Gasteiger partial charge in [-0.25, -0.2) is 0 Å². The van der Waals surface area contributed by atoms with E-state index < -0.39 is 0 Å². The lowest BCUT2D eigenvalue weighted by Gasteiger charge is -2.03. The Hall–Kier alpha value is 0.440. The van der Waals surface area contributed by atoms with Crippen LogP contribution in [0.1, 0.15) is 19.3 Å². The van der Waals surface area contributed by atoms with Gasteiger partial charge in [0, 0.05) is 5.33 Å². The molecule has 1 heterocycles. The number of ether oxygens (including phenoxy) is 1. The molecule has 2 fully saturated rings. The minimum Gasteiger partial charge on any atom is -0.377 e. The Morgan fingerprint density at radius 2 is 2.10 bits per heavy atom. The molecule has 1 saturated heterocycles. The number of rotatable bonds is 2. The SMILES string of the molecule is BrC[C@@H]1C[C@@H](C2CC2)CO1. The van der Waals surface area contributed by atoms with Gasteiger partial charge in [-0.05, 0) is 31.1 Å². The van der Waals surface area contributed by atoms with E-state index >= 15 is 0 Å². The van der Waals surface area contributed by atoms with Crippen LogP contribution >= 0.6 is 15.9 Å². The fourth-order valence-electron chi connectivity index (χ4n) is 1.74. The summed E-state index contributed by atoms with van der Waals surface area (Å²) in [5.41, 5.74) is 0. The second kappa shape index (κ2) is 2.82. The van der Waals surface area contributed by atoms with E-state index in [4.69, 9.17) is 4.74 Å². The molecule has 0 amide bonds. The molecule has 0 aromatic carbocycles. The molecule has 0 radical (unpaired) electrons. The molecule has 0 bridgehead atoms. The average molecular weight is 205 g/mol. The molecule has 58 valence electrons. The van der Waals surface area contributed by atoms with Crippen LogP contribution in [0.25, 0.3) is 0 Å². The summed E-state index contributed by atoms with van der Waals surface area (Å²) in [6, 6.07) is 0. The first-order chi connectivity index (χ1) is 4.90. The van der Waals surface area contributed by atoms with Crippen molar-refractivity contribution in [2.24, 2.45) is 11.8 Å². The summed E-state index contributed by atoms with van der Waals surface area (Å²) in [6.07, 6.45) is 4.74. The van der Waals surface area contributed by atoms with Crippen molar-refractivity contribution < 1.29 is 4.74 Å². The van der Waals surface area contributed by atoms with Gasteiger partial charge in [-0.1, -0.05) is 15.9 Å². The molecule has 2 rings (SSSR count). The first-order valence-corrected chi connectivity index (χ1v) is 5.20. The van der Waals surface area contributed by atoms with E-state index in [-0.39, 0.29) is 0 Å². The zero-order chi connectivity index (χ0) is 6.97. The van der Waals surface area contributed by atoms with Crippen LogP contribution in [0.5, 0.6) is 0 Å². The highest BCUT2D eigenvalue weighted by atomic mass is 79.9. The van der Waals surface area contributed by atoms with E-state index in [1.165, 1.54) is 19.3 Å². The van der Waals surface area contributed by atoms with Crippen LogP contribution in [0.4, 0.5) is 0 Å². The zero-order valence-electron chi connectivity index (χ0n) is 6.05. The van der Waals surface area contributed by atoms with Crippen molar-refractivity contribution in [1.82, 2.24) is 0 Å². The predicted octanol–water partition coefficient (Wildman–Crippen LogP) is 2.20. The molecule has 1 saturated carbocycles. The van der Waals surface area contributed by atoms with Gasteiger partial charge in [0.25, 0.3) is 0 Å². The minimum absolute atomic E-state index is 0.519. The Bertz CT molecular complexity index is 122. The fourth-order valence-corrected chi connectivity index (χ4v) is 2.19. The summed E-state index contributed by atoms with van der Waals surface area (Å²) >= 11 is 3.45. The van der Waals surface area contributed by atoms with Crippen LogP contribution < -0.4 is 0 Å². The zero-order valence-corrected chi connectivity index (χ0v) is 7.64. The molecule has 1 nitrogen and oxygen atoms in total. The minimum atomic E-state index is 0.519. The maximum absolute atomic E-state index is 5.57. The molecule has 0 unspecified atom stereocenters. The number of hydrogen-bond donors (Lipinski definition) is 0. The molecular formula is C8H13BrO. The Morgan fingerprint density at radius 1 is 1.30 bits per heavy atom. The van der Waals surface area contributed by atoms with E-state index in [1.807, 2.05) is 0 Å². The highest BCUT2D eigenvalue weighted by molar-refractivity contribution is 9.09. The van der Waals surface area contributed by atoms with Crippen molar-refractivity contribution in [3.05, 3.63) is 0 Å². The third kappa shape index (κ3) is 1.37. The van der Waals surface area contributed by atoms with Crippen molar-refractivity contribution in [3.8, 4) is 0 Å². The molecule has 1 aliphatic carbocycles. The normalized spacial score (nSPS) is 40.5. The topological polar surface area (TPSA) is 9.23 Å². The van der Waals surface area contributed by atoms with Gasteiger partial charge in [0.05, 0.1) is 12.7 Å². The van der Waals surface area contributed by atoms with Gasteiger partial charge in [-0.2, -0.15) is 0 Å². The lowest BCUT2D eigenvalue weighted by molar-refractivity contribution is 0.122. The van der Waals surface area contributed by atoms with Gasteiger partial charge >= 0.3 is 0 Å². The first-order valence-electron chi connectivity index (χ1n) is 4.07. The van der Waals surface area contributed by atoms with Crippen molar-refractivity contribution in [1.29, 1.82) is 0 Å². The standard InChI is InChI=1S/C8H13BrO/c9-4-8-3-7(5-10-8)6-1-2-6/h6-8H,1-5H2/t7-,8+/m1/s1. The average Bonchev–Trinajstić information content (AvgIpc) is 2.70. The summed E-state index contributed by atoms with van der Waals surface area (Å²) in [7, 11) is 0. The monoisotopic (exact) mass is 204 g/mol. The van der Waals surface area contributed by atoms with Crippen LogP contribution in [0.3, 0.4) is 0 Å². The Kier molecular flexibility index (Phi) is 2.01. The van der Waals surface area contributed by atoms with E-state index in [2.05, 4.69) is 15.9 Å². The van der Waals surface area contributed by atoms with Crippen LogP contribution in [0.2, 0.25) is 0 Å². The van der Waals surface area contributed by atoms with Crippen LogP contribution in [-0.4, -0.2) is 18.0 Å². The largest absolute Gasteiger partial charge is 0.377 e. The number of halogens is 1. The summed E-state index contributed by atoms with van der Waals surface area (Å²) in [5, 5.41) is 1.02. The van der Waals surface area contributed by atoms with Gasteiger partial charge < -0.3 is 4.74 Å². The summed E-state index contributed by atoms with van der Waals surface area (Å²) in [6.45, 7) is 1.03. The van der Waals surface area contributed by atoms with Gasteiger partial charge in [0.15, 0.2) is 0 Å². The van der Waals surface area contributed by atoms with E-state index in [1.54, 1.807) is 0 Å². The Morgan fingerprint density at radius 3 is 2.60 bits per heavy atom. The van der Waals surface area contributed by atoms with Crippen molar-refractivity contribution in [2.45, 2.75) is 25.4 Å². The molecular weight excluding hydrogens is 192 g/mol. The summed E-state index contributed by atoms with van der Waals surface area (Å²) in [4.78, 5) is 0. The van der Waals surface area contributed by atoms with E-state index in [9.17, 15) is 0 Å². The number of alkyl halides is 1. The summed E-state index contributed by atoms with van der Waals surface area (Å²) < 4.78 is 5.57. The quantitative estimate of drug-likeness (QED) is 0.628. The van der Waals surface area contributed by atoms with E-state index in [0.29, 0.717) is 6.10 Å². The second-order valence-electron chi connectivity index (χ2n) is 3.44. The molecule has 2 atom stereocenters. The third-order valence-electron chi connectivity index (χ3n) is 2.57. The van der Waals surface area contributed by atoms with Crippen LogP contribution in [-0.2, 0) is 4.74 Å². The molecule has 1 aliphatic heterocycles. The summed E-state index contributed by atoms with van der Waals surface area (Å²) in [5.74, 6) is 1.94. The highest BCUT2D eigenvalue weighted by Crippen LogP contribution is 2.42. The van der Waals surface area contributed by atoms with Gasteiger partial charge in [0.1, 0.15) is 0 Å². The highest BCUT2D eigenvalue weighted by Gasteiger charge is 2.36. The molecule has 10 heavy (non-hydrogen) atoms. The van der Waals surface area contributed by atoms with Crippen LogP contribution in [0, 0.1) is 11.8 Å². The van der Waals surface area contributed by atoms with Gasteiger partial charge in [-0.3, -0.25) is 0 Å². The molecule has 0 spiro atoms. The molecule has 0 N–H and O–H groups in total. The van der Waals surface area contributed by atoms with Gasteiger partial charge in [-0.15, -0.1) is 0 Å². The lowest BCUT2D eigenvalue weighted by Crippen LogP contribution is -2.05. The lowest BCUT2D eigenvalue weighted by atomic mass is 10.0. The van der Waals surface area contributed by atoms with Crippen molar-refractivity contribution >= 4 is 15.9 Å². The molecule has 0 aromatic rings. The van der Waals surface area contributed by atoms with Gasteiger partial charge in [0.2, 0.25) is 0 Å². The molecule has 0 aromatic heterocycles. The number of hydrogen-bond acceptors (Lipinski definition) is 1. The third-order valence-corrected chi connectivity index (χ3v) is 3.29. The maximum atomic E-state index is 5.57. The predicted molar refractivity (Wildman–Crippen MR) is 44.4 cm³/mol. The molecule has 2 aliphatic rings. The Labute approximate surface area is 70.3 Å². The smallest absolute Gasteiger partial charge is 0.0675 e. The van der Waals surface area contributed by atoms with Crippen molar-refractivity contribution in [3.63, 3.8) is 0 Å².